The Kier molecular flexibility index (Phi) is 2.16. The molecule has 4 fully saturated rings. The van der Waals surface area contributed by atoms with Gasteiger partial charge in [-0.2, -0.15) is 0 Å². The first-order valence-electron chi connectivity index (χ1n) is 6.59. The molecule has 2 nitrogen and oxygen atoms in total. The first kappa shape index (κ1) is 10.1. The number of rotatable bonds is 3. The number of hydrogen-bond donors (Lipinski definition) is 2. The van der Waals surface area contributed by atoms with Crippen molar-refractivity contribution >= 4 is 0 Å². The van der Waals surface area contributed by atoms with E-state index in [1.807, 2.05) is 0 Å². The third kappa shape index (κ3) is 1.45. The van der Waals surface area contributed by atoms with Crippen LogP contribution in [0.25, 0.3) is 0 Å². The molecule has 2 atom stereocenters. The van der Waals surface area contributed by atoms with Gasteiger partial charge in [-0.3, -0.25) is 0 Å². The van der Waals surface area contributed by atoms with Gasteiger partial charge in [0.15, 0.2) is 0 Å². The maximum absolute atomic E-state index is 6.05. The normalized spacial score (nSPS) is 52.4. The summed E-state index contributed by atoms with van der Waals surface area (Å²) in [5.41, 5.74) is 13.0. The second kappa shape index (κ2) is 3.21. The first-order chi connectivity index (χ1) is 7.19. The van der Waals surface area contributed by atoms with Gasteiger partial charge in [0.1, 0.15) is 0 Å². The molecule has 0 spiro atoms. The number of hydrogen-bond acceptors (Lipinski definition) is 2. The topological polar surface area (TPSA) is 52.0 Å². The molecule has 0 amide bonds. The van der Waals surface area contributed by atoms with E-state index in [2.05, 4.69) is 0 Å². The van der Waals surface area contributed by atoms with E-state index in [1.54, 1.807) is 0 Å². The maximum atomic E-state index is 6.05. The van der Waals surface area contributed by atoms with Crippen LogP contribution in [0.1, 0.15) is 44.9 Å². The van der Waals surface area contributed by atoms with Gasteiger partial charge in [0.05, 0.1) is 0 Å². The summed E-state index contributed by atoms with van der Waals surface area (Å²) >= 11 is 0. The minimum absolute atomic E-state index is 0.527. The van der Waals surface area contributed by atoms with Gasteiger partial charge < -0.3 is 11.5 Å². The van der Waals surface area contributed by atoms with E-state index >= 15 is 0 Å². The fraction of sp³-hybridized carbons (Fsp3) is 1.00. The molecule has 0 aliphatic heterocycles. The van der Waals surface area contributed by atoms with E-state index in [9.17, 15) is 0 Å². The molecule has 0 radical (unpaired) electrons. The predicted octanol–water partition coefficient (Wildman–Crippen LogP) is 1.88. The Labute approximate surface area is 92.8 Å². The molecule has 4 N–H and O–H groups in total. The van der Waals surface area contributed by atoms with Crippen LogP contribution in [0.15, 0.2) is 0 Å². The average molecular weight is 208 g/mol. The standard InChI is InChI=1S/C13H24N2/c14-2-1-12-4-10-3-11(5-12)7-13(6-10,8-12)9-15/h10-11H,1-9,14-15H2/t10-,11-,12?,13?/m1/s1. The smallest absolute Gasteiger partial charge is 0.00201 e. The van der Waals surface area contributed by atoms with Crippen molar-refractivity contribution in [3.63, 3.8) is 0 Å². The molecular weight excluding hydrogens is 184 g/mol. The molecule has 0 saturated heterocycles. The van der Waals surface area contributed by atoms with Gasteiger partial charge in [-0.05, 0) is 80.7 Å². The molecule has 0 aromatic heterocycles. The van der Waals surface area contributed by atoms with Crippen LogP contribution in [-0.4, -0.2) is 13.1 Å². The summed E-state index contributed by atoms with van der Waals surface area (Å²) in [6, 6.07) is 0. The van der Waals surface area contributed by atoms with Crippen LogP contribution in [-0.2, 0) is 0 Å². The van der Waals surface area contributed by atoms with E-state index in [4.69, 9.17) is 11.5 Å². The molecule has 4 aliphatic carbocycles. The van der Waals surface area contributed by atoms with Crippen molar-refractivity contribution in [3.05, 3.63) is 0 Å². The molecule has 4 bridgehead atoms. The fourth-order valence-corrected chi connectivity index (χ4v) is 5.49. The fourth-order valence-electron chi connectivity index (χ4n) is 5.49. The maximum Gasteiger partial charge on any atom is -0.00201 e. The van der Waals surface area contributed by atoms with Crippen molar-refractivity contribution in [2.24, 2.45) is 34.1 Å². The summed E-state index contributed by atoms with van der Waals surface area (Å²) in [6.07, 6.45) is 9.90. The molecule has 4 rings (SSSR count). The van der Waals surface area contributed by atoms with Crippen molar-refractivity contribution in [3.8, 4) is 0 Å². The Balaban J connectivity index is 1.88. The average Bonchev–Trinajstić information content (AvgIpc) is 2.15. The molecule has 4 saturated carbocycles. The zero-order chi connectivity index (χ0) is 10.5. The highest BCUT2D eigenvalue weighted by Crippen LogP contribution is 2.65. The molecule has 0 heterocycles. The highest BCUT2D eigenvalue weighted by molar-refractivity contribution is 5.07. The molecule has 86 valence electrons. The summed E-state index contributed by atoms with van der Waals surface area (Å²) in [5.74, 6) is 1.97. The van der Waals surface area contributed by atoms with Crippen LogP contribution in [0.5, 0.6) is 0 Å². The zero-order valence-electron chi connectivity index (χ0n) is 9.67. The summed E-state index contributed by atoms with van der Waals surface area (Å²) in [5, 5.41) is 0. The van der Waals surface area contributed by atoms with Gasteiger partial charge in [-0.25, -0.2) is 0 Å². The van der Waals surface area contributed by atoms with Crippen LogP contribution >= 0.6 is 0 Å². The molecule has 0 aromatic carbocycles. The van der Waals surface area contributed by atoms with Crippen LogP contribution in [0.2, 0.25) is 0 Å². The van der Waals surface area contributed by atoms with Crippen molar-refractivity contribution < 1.29 is 0 Å². The van der Waals surface area contributed by atoms with E-state index in [0.29, 0.717) is 10.8 Å². The lowest BCUT2D eigenvalue weighted by Crippen LogP contribution is -2.54. The molecule has 0 aromatic rings. The largest absolute Gasteiger partial charge is 0.330 e. The summed E-state index contributed by atoms with van der Waals surface area (Å²) in [6.45, 7) is 1.80. The Hall–Kier alpha value is -0.0800. The minimum atomic E-state index is 0.527. The lowest BCUT2D eigenvalue weighted by molar-refractivity contribution is -0.108. The van der Waals surface area contributed by atoms with Gasteiger partial charge in [-0.15, -0.1) is 0 Å². The van der Waals surface area contributed by atoms with E-state index in [0.717, 1.165) is 24.9 Å². The molecule has 2 heteroatoms. The second-order valence-corrected chi connectivity index (χ2v) is 6.70. The predicted molar refractivity (Wildman–Crippen MR) is 62.3 cm³/mol. The van der Waals surface area contributed by atoms with Crippen LogP contribution in [0.4, 0.5) is 0 Å². The minimum Gasteiger partial charge on any atom is -0.330 e. The van der Waals surface area contributed by atoms with Crippen molar-refractivity contribution in [1.29, 1.82) is 0 Å². The van der Waals surface area contributed by atoms with Crippen LogP contribution in [0, 0.1) is 22.7 Å². The summed E-state index contributed by atoms with van der Waals surface area (Å²) < 4.78 is 0. The zero-order valence-corrected chi connectivity index (χ0v) is 9.67. The van der Waals surface area contributed by atoms with Gasteiger partial charge in [-0.1, -0.05) is 0 Å². The van der Waals surface area contributed by atoms with E-state index < -0.39 is 0 Å². The highest BCUT2D eigenvalue weighted by Gasteiger charge is 2.56. The summed E-state index contributed by atoms with van der Waals surface area (Å²) in [4.78, 5) is 0. The first-order valence-corrected chi connectivity index (χ1v) is 6.59. The Morgan fingerprint density at radius 1 is 0.933 bits per heavy atom. The van der Waals surface area contributed by atoms with Gasteiger partial charge in [0.2, 0.25) is 0 Å². The second-order valence-electron chi connectivity index (χ2n) is 6.70. The lowest BCUT2D eigenvalue weighted by Gasteiger charge is -2.62. The van der Waals surface area contributed by atoms with Gasteiger partial charge >= 0.3 is 0 Å². The number of nitrogens with two attached hydrogens (primary N) is 2. The third-order valence-corrected chi connectivity index (χ3v) is 5.41. The van der Waals surface area contributed by atoms with Crippen molar-refractivity contribution in [1.82, 2.24) is 0 Å². The SMILES string of the molecule is NCCC12C[C@H]3C[C@@H](CC(CN)(C3)C1)C2. The Bertz CT molecular complexity index is 247. The highest BCUT2D eigenvalue weighted by atomic mass is 14.7. The molecule has 4 aliphatic rings. The summed E-state index contributed by atoms with van der Waals surface area (Å²) in [7, 11) is 0. The van der Waals surface area contributed by atoms with Gasteiger partial charge in [0.25, 0.3) is 0 Å². The van der Waals surface area contributed by atoms with Crippen LogP contribution in [0.3, 0.4) is 0 Å². The Morgan fingerprint density at radius 2 is 1.53 bits per heavy atom. The van der Waals surface area contributed by atoms with E-state index in [1.165, 1.54) is 44.9 Å². The molecular formula is C13H24N2. The van der Waals surface area contributed by atoms with Crippen molar-refractivity contribution in [2.45, 2.75) is 44.9 Å². The van der Waals surface area contributed by atoms with Crippen molar-refractivity contribution in [2.75, 3.05) is 13.1 Å². The van der Waals surface area contributed by atoms with Crippen LogP contribution < -0.4 is 11.5 Å². The quantitative estimate of drug-likeness (QED) is 0.744. The lowest BCUT2D eigenvalue weighted by atomic mass is 9.43. The molecule has 0 unspecified atom stereocenters. The Morgan fingerprint density at radius 3 is 2.07 bits per heavy atom. The molecule has 15 heavy (non-hydrogen) atoms. The monoisotopic (exact) mass is 208 g/mol. The van der Waals surface area contributed by atoms with Gasteiger partial charge in [0, 0.05) is 0 Å². The van der Waals surface area contributed by atoms with E-state index in [-0.39, 0.29) is 0 Å². The third-order valence-electron chi connectivity index (χ3n) is 5.41.